The van der Waals surface area contributed by atoms with E-state index >= 15 is 0 Å². The fourth-order valence-corrected chi connectivity index (χ4v) is 3.07. The monoisotopic (exact) mass is 242 g/mol. The molecule has 18 heavy (non-hydrogen) atoms. The molecule has 0 aromatic rings. The number of rotatable bonds is 5. The molecule has 98 valence electrons. The summed E-state index contributed by atoms with van der Waals surface area (Å²) < 4.78 is 0. The molecule has 0 unspecified atom stereocenters. The zero-order valence-corrected chi connectivity index (χ0v) is 12.0. The molecule has 0 bridgehead atoms. The van der Waals surface area contributed by atoms with Gasteiger partial charge < -0.3 is 0 Å². The van der Waals surface area contributed by atoms with Gasteiger partial charge in [0.1, 0.15) is 0 Å². The summed E-state index contributed by atoms with van der Waals surface area (Å²) in [6.45, 7) is 8.43. The molecule has 1 saturated carbocycles. The van der Waals surface area contributed by atoms with Crippen molar-refractivity contribution in [3.8, 4) is 0 Å². The van der Waals surface area contributed by atoms with Gasteiger partial charge in [-0.2, -0.15) is 0 Å². The first kappa shape index (κ1) is 13.4. The molecular weight excluding hydrogens is 216 g/mol. The molecular formula is C18H26. The van der Waals surface area contributed by atoms with Gasteiger partial charge in [-0.1, -0.05) is 50.1 Å². The van der Waals surface area contributed by atoms with Crippen molar-refractivity contribution in [2.45, 2.75) is 58.8 Å². The highest BCUT2D eigenvalue weighted by Crippen LogP contribution is 2.42. The lowest BCUT2D eigenvalue weighted by molar-refractivity contribution is 0.370. The molecule has 0 N–H and O–H groups in total. The van der Waals surface area contributed by atoms with Crippen LogP contribution in [-0.4, -0.2) is 0 Å². The van der Waals surface area contributed by atoms with E-state index in [2.05, 4.69) is 32.6 Å². The van der Waals surface area contributed by atoms with Gasteiger partial charge in [-0.25, -0.2) is 0 Å². The fraction of sp³-hybridized carbons (Fsp3) is 0.556. The van der Waals surface area contributed by atoms with Crippen molar-refractivity contribution in [3.05, 3.63) is 47.1 Å². The minimum Gasteiger partial charge on any atom is -0.0991 e. The van der Waals surface area contributed by atoms with Crippen LogP contribution >= 0.6 is 0 Å². The lowest BCUT2D eigenvalue weighted by Gasteiger charge is -2.32. The Hall–Kier alpha value is -1.04. The summed E-state index contributed by atoms with van der Waals surface area (Å²) in [6.07, 6.45) is 15.8. The van der Waals surface area contributed by atoms with E-state index < -0.39 is 0 Å². The largest absolute Gasteiger partial charge is 0.0991 e. The highest BCUT2D eigenvalue weighted by Gasteiger charge is 2.26. The van der Waals surface area contributed by atoms with E-state index in [1.807, 2.05) is 6.08 Å². The van der Waals surface area contributed by atoms with Crippen molar-refractivity contribution in [1.29, 1.82) is 0 Å². The third-order valence-electron chi connectivity index (χ3n) is 4.29. The predicted molar refractivity (Wildman–Crippen MR) is 80.5 cm³/mol. The van der Waals surface area contributed by atoms with Crippen LogP contribution in [0.3, 0.4) is 0 Å². The molecule has 2 rings (SSSR count). The lowest BCUT2D eigenvalue weighted by Crippen LogP contribution is -2.17. The molecule has 0 aromatic carbocycles. The van der Waals surface area contributed by atoms with Crippen LogP contribution in [0.4, 0.5) is 0 Å². The topological polar surface area (TPSA) is 0 Å². The molecule has 0 radical (unpaired) electrons. The van der Waals surface area contributed by atoms with E-state index in [-0.39, 0.29) is 0 Å². The molecule has 0 aromatic heterocycles. The minimum atomic E-state index is 0.848. The van der Waals surface area contributed by atoms with Crippen LogP contribution < -0.4 is 0 Å². The normalized spacial score (nSPS) is 21.7. The van der Waals surface area contributed by atoms with E-state index in [0.717, 1.165) is 5.92 Å². The summed E-state index contributed by atoms with van der Waals surface area (Å²) >= 11 is 0. The van der Waals surface area contributed by atoms with Gasteiger partial charge in [-0.15, -0.1) is 0 Å². The Morgan fingerprint density at radius 2 is 2.17 bits per heavy atom. The Morgan fingerprint density at radius 1 is 1.39 bits per heavy atom. The van der Waals surface area contributed by atoms with Crippen molar-refractivity contribution in [3.63, 3.8) is 0 Å². The Kier molecular flexibility index (Phi) is 4.63. The second-order valence-corrected chi connectivity index (χ2v) is 5.73. The van der Waals surface area contributed by atoms with Gasteiger partial charge in [-0.3, -0.25) is 0 Å². The van der Waals surface area contributed by atoms with E-state index in [9.17, 15) is 0 Å². The molecule has 0 amide bonds. The van der Waals surface area contributed by atoms with Gasteiger partial charge in [0.15, 0.2) is 0 Å². The Bertz CT molecular complexity index is 400. The quantitative estimate of drug-likeness (QED) is 0.540. The van der Waals surface area contributed by atoms with E-state index in [1.165, 1.54) is 50.5 Å². The summed E-state index contributed by atoms with van der Waals surface area (Å²) in [4.78, 5) is 0. The van der Waals surface area contributed by atoms with Crippen LogP contribution in [0, 0.1) is 5.92 Å². The molecule has 0 aliphatic heterocycles. The maximum absolute atomic E-state index is 3.88. The second-order valence-electron chi connectivity index (χ2n) is 5.73. The first-order chi connectivity index (χ1) is 8.76. The third kappa shape index (κ3) is 2.85. The van der Waals surface area contributed by atoms with Crippen LogP contribution in [-0.2, 0) is 0 Å². The molecule has 0 spiro atoms. The zero-order chi connectivity index (χ0) is 13.0. The minimum absolute atomic E-state index is 0.848. The van der Waals surface area contributed by atoms with Gasteiger partial charge in [-0.05, 0) is 61.7 Å². The van der Waals surface area contributed by atoms with Gasteiger partial charge in [0.05, 0.1) is 0 Å². The first-order valence-electron chi connectivity index (χ1n) is 7.48. The van der Waals surface area contributed by atoms with Crippen LogP contribution in [0.25, 0.3) is 0 Å². The summed E-state index contributed by atoms with van der Waals surface area (Å²) in [6, 6.07) is 0. The van der Waals surface area contributed by atoms with Crippen molar-refractivity contribution in [2.75, 3.05) is 0 Å². The second kappa shape index (κ2) is 6.22. The first-order valence-corrected chi connectivity index (χ1v) is 7.48. The average Bonchev–Trinajstić information content (AvgIpc) is 2.27. The molecule has 0 saturated heterocycles. The van der Waals surface area contributed by atoms with Crippen LogP contribution in [0.5, 0.6) is 0 Å². The maximum atomic E-state index is 3.88. The van der Waals surface area contributed by atoms with Gasteiger partial charge in [0.25, 0.3) is 0 Å². The summed E-state index contributed by atoms with van der Waals surface area (Å²) in [7, 11) is 0. The predicted octanol–water partition coefficient (Wildman–Crippen LogP) is 5.74. The maximum Gasteiger partial charge on any atom is -0.0159 e. The van der Waals surface area contributed by atoms with Gasteiger partial charge in [0.2, 0.25) is 0 Å². The summed E-state index contributed by atoms with van der Waals surface area (Å²) in [5.74, 6) is 0.848. The highest BCUT2D eigenvalue weighted by atomic mass is 14.3. The summed E-state index contributed by atoms with van der Waals surface area (Å²) in [5.41, 5.74) is 6.41. The highest BCUT2D eigenvalue weighted by molar-refractivity contribution is 5.46. The number of hydrogen-bond donors (Lipinski definition) is 0. The molecule has 0 heteroatoms. The smallest absolute Gasteiger partial charge is 0.0159 e. The van der Waals surface area contributed by atoms with Crippen LogP contribution in [0.1, 0.15) is 58.8 Å². The van der Waals surface area contributed by atoms with Gasteiger partial charge >= 0.3 is 0 Å². The van der Waals surface area contributed by atoms with Crippen molar-refractivity contribution < 1.29 is 0 Å². The Balaban J connectivity index is 2.34. The van der Waals surface area contributed by atoms with E-state index in [0.29, 0.717) is 0 Å². The van der Waals surface area contributed by atoms with Crippen molar-refractivity contribution >= 4 is 0 Å². The molecule has 2 aliphatic carbocycles. The SMILES string of the molecule is C=C/C=C(\CCC)C1=C(C2CCC2)C=C(C)CC1. The Labute approximate surface area is 112 Å². The van der Waals surface area contributed by atoms with E-state index in [1.54, 1.807) is 16.7 Å². The lowest BCUT2D eigenvalue weighted by atomic mass is 9.73. The molecule has 1 fully saturated rings. The summed E-state index contributed by atoms with van der Waals surface area (Å²) in [5, 5.41) is 0. The molecule has 2 aliphatic rings. The number of hydrogen-bond acceptors (Lipinski definition) is 0. The van der Waals surface area contributed by atoms with Gasteiger partial charge in [0, 0.05) is 0 Å². The molecule has 0 atom stereocenters. The van der Waals surface area contributed by atoms with Crippen LogP contribution in [0.15, 0.2) is 47.1 Å². The van der Waals surface area contributed by atoms with E-state index in [4.69, 9.17) is 0 Å². The third-order valence-corrected chi connectivity index (χ3v) is 4.29. The molecule has 0 nitrogen and oxygen atoms in total. The Morgan fingerprint density at radius 3 is 2.72 bits per heavy atom. The van der Waals surface area contributed by atoms with Crippen molar-refractivity contribution in [2.24, 2.45) is 5.92 Å². The van der Waals surface area contributed by atoms with Crippen LogP contribution in [0.2, 0.25) is 0 Å². The fourth-order valence-electron chi connectivity index (χ4n) is 3.07. The molecule has 0 heterocycles. The standard InChI is InChI=1S/C18H26/c1-4-7-15(8-5-2)17-12-11-14(3)13-18(17)16-9-6-10-16/h4,7,13,16H,1,5-6,8-12H2,2-3H3/b15-7+. The average molecular weight is 242 g/mol. The number of allylic oxidation sites excluding steroid dienone is 7. The zero-order valence-electron chi connectivity index (χ0n) is 12.0. The van der Waals surface area contributed by atoms with Crippen molar-refractivity contribution in [1.82, 2.24) is 0 Å².